The van der Waals surface area contributed by atoms with Crippen molar-refractivity contribution in [3.8, 4) is 11.5 Å². The van der Waals surface area contributed by atoms with E-state index in [4.69, 9.17) is 9.47 Å². The number of benzene rings is 2. The Bertz CT molecular complexity index is 784. The van der Waals surface area contributed by atoms with Crippen molar-refractivity contribution in [3.05, 3.63) is 59.7 Å². The molecule has 25 heavy (non-hydrogen) atoms. The number of Topliss-reactive ketones (excluding diaryl/α,β-unsaturated/α-hetero) is 2. The predicted octanol–water partition coefficient (Wildman–Crippen LogP) is 2.18. The maximum atomic E-state index is 12.2. The van der Waals surface area contributed by atoms with Gasteiger partial charge in [0, 0.05) is 11.1 Å². The number of hydrogen-bond donors (Lipinski definition) is 0. The molecule has 0 amide bonds. The first-order chi connectivity index (χ1) is 11.8. The molecule has 0 spiro atoms. The zero-order valence-corrected chi connectivity index (χ0v) is 14.7. The Morgan fingerprint density at radius 2 is 1.04 bits per heavy atom. The van der Waals surface area contributed by atoms with E-state index in [1.807, 2.05) is 0 Å². The van der Waals surface area contributed by atoms with Crippen LogP contribution in [0.5, 0.6) is 11.5 Å². The summed E-state index contributed by atoms with van der Waals surface area (Å²) in [6.07, 6.45) is 0. The number of sulfone groups is 1. The molecule has 0 aliphatic carbocycles. The maximum absolute atomic E-state index is 12.2. The highest BCUT2D eigenvalue weighted by Crippen LogP contribution is 2.14. The topological polar surface area (TPSA) is 86.7 Å². The summed E-state index contributed by atoms with van der Waals surface area (Å²) >= 11 is 0. The first-order valence-electron chi connectivity index (χ1n) is 7.39. The highest BCUT2D eigenvalue weighted by molar-refractivity contribution is 7.92. The third kappa shape index (κ3) is 5.15. The number of hydrogen-bond acceptors (Lipinski definition) is 6. The van der Waals surface area contributed by atoms with Crippen LogP contribution in [0.15, 0.2) is 48.5 Å². The van der Waals surface area contributed by atoms with Gasteiger partial charge in [-0.2, -0.15) is 0 Å². The number of ether oxygens (including phenoxy) is 2. The fourth-order valence-electron chi connectivity index (χ4n) is 2.17. The van der Waals surface area contributed by atoms with Gasteiger partial charge in [-0.05, 0) is 48.5 Å². The molecular weight excluding hydrogens is 344 g/mol. The monoisotopic (exact) mass is 362 g/mol. The third-order valence-corrected chi connectivity index (χ3v) is 4.93. The molecule has 2 aromatic carbocycles. The van der Waals surface area contributed by atoms with Crippen LogP contribution in [-0.4, -0.2) is 45.7 Å². The van der Waals surface area contributed by atoms with Crippen molar-refractivity contribution >= 4 is 21.4 Å². The zero-order valence-electron chi connectivity index (χ0n) is 13.9. The second-order valence-corrected chi connectivity index (χ2v) is 7.40. The van der Waals surface area contributed by atoms with Gasteiger partial charge < -0.3 is 9.47 Å². The average molecular weight is 362 g/mol. The van der Waals surface area contributed by atoms with E-state index >= 15 is 0 Å². The first-order valence-corrected chi connectivity index (χ1v) is 9.21. The summed E-state index contributed by atoms with van der Waals surface area (Å²) in [7, 11) is -0.885. The molecule has 0 fully saturated rings. The Labute approximate surface area is 146 Å². The second-order valence-electron chi connectivity index (χ2n) is 5.34. The van der Waals surface area contributed by atoms with E-state index in [0.717, 1.165) is 0 Å². The van der Waals surface area contributed by atoms with E-state index < -0.39 is 32.9 Å². The lowest BCUT2D eigenvalue weighted by Gasteiger charge is -2.06. The molecule has 0 aromatic heterocycles. The highest BCUT2D eigenvalue weighted by atomic mass is 32.2. The predicted molar refractivity (Wildman–Crippen MR) is 93.3 cm³/mol. The Morgan fingerprint density at radius 1 is 0.720 bits per heavy atom. The maximum Gasteiger partial charge on any atom is 0.177 e. The molecule has 0 bridgehead atoms. The molecule has 0 atom stereocenters. The molecule has 0 radical (unpaired) electrons. The van der Waals surface area contributed by atoms with Gasteiger partial charge in [-0.3, -0.25) is 9.59 Å². The molecule has 0 saturated heterocycles. The summed E-state index contributed by atoms with van der Waals surface area (Å²) in [4.78, 5) is 24.2. The number of rotatable bonds is 8. The Hall–Kier alpha value is -2.67. The molecule has 7 heteroatoms. The minimum absolute atomic E-state index is 0.251. The van der Waals surface area contributed by atoms with Crippen LogP contribution in [-0.2, 0) is 9.84 Å². The molecular formula is C18H18O6S. The van der Waals surface area contributed by atoms with Gasteiger partial charge in [-0.25, -0.2) is 8.42 Å². The smallest absolute Gasteiger partial charge is 0.177 e. The van der Waals surface area contributed by atoms with Crippen LogP contribution in [0.2, 0.25) is 0 Å². The first kappa shape index (κ1) is 18.7. The number of ketones is 2. The average Bonchev–Trinajstić information content (AvgIpc) is 2.61. The lowest BCUT2D eigenvalue weighted by atomic mass is 10.1. The molecule has 0 aliphatic heterocycles. The fourth-order valence-corrected chi connectivity index (χ4v) is 3.41. The molecule has 6 nitrogen and oxygen atoms in total. The van der Waals surface area contributed by atoms with Crippen LogP contribution < -0.4 is 9.47 Å². The van der Waals surface area contributed by atoms with Crippen molar-refractivity contribution in [1.82, 2.24) is 0 Å². The van der Waals surface area contributed by atoms with Crippen molar-refractivity contribution < 1.29 is 27.5 Å². The summed E-state index contributed by atoms with van der Waals surface area (Å²) in [6, 6.07) is 12.2. The van der Waals surface area contributed by atoms with Gasteiger partial charge in [0.25, 0.3) is 0 Å². The lowest BCUT2D eigenvalue weighted by Crippen LogP contribution is -2.23. The fraction of sp³-hybridized carbons (Fsp3) is 0.222. The van der Waals surface area contributed by atoms with Gasteiger partial charge in [0.1, 0.15) is 23.0 Å². The van der Waals surface area contributed by atoms with Gasteiger partial charge in [0.15, 0.2) is 21.4 Å². The van der Waals surface area contributed by atoms with Gasteiger partial charge in [-0.1, -0.05) is 0 Å². The van der Waals surface area contributed by atoms with Gasteiger partial charge in [-0.15, -0.1) is 0 Å². The summed E-state index contributed by atoms with van der Waals surface area (Å²) in [5.74, 6) is -1.44. The molecule has 132 valence electrons. The van der Waals surface area contributed by atoms with E-state index in [-0.39, 0.29) is 11.1 Å². The Balaban J connectivity index is 2.04. The Kier molecular flexibility index (Phi) is 5.93. The summed E-state index contributed by atoms with van der Waals surface area (Å²) in [5, 5.41) is 0. The number of carbonyl (C=O) groups is 2. The third-order valence-electron chi connectivity index (χ3n) is 3.53. The summed E-state index contributed by atoms with van der Waals surface area (Å²) < 4.78 is 34.3. The van der Waals surface area contributed by atoms with E-state index in [1.54, 1.807) is 24.3 Å². The van der Waals surface area contributed by atoms with Crippen molar-refractivity contribution in [1.29, 1.82) is 0 Å². The van der Waals surface area contributed by atoms with E-state index in [1.165, 1.54) is 38.5 Å². The van der Waals surface area contributed by atoms with Crippen LogP contribution in [0.1, 0.15) is 20.7 Å². The standard InChI is InChI=1S/C18H18O6S/c1-23-15-7-3-13(4-8-15)17(19)11-25(21,22)12-18(20)14-5-9-16(24-2)10-6-14/h3-10H,11-12H2,1-2H3. The van der Waals surface area contributed by atoms with Gasteiger partial charge in [0.2, 0.25) is 0 Å². The Morgan fingerprint density at radius 3 is 1.32 bits per heavy atom. The van der Waals surface area contributed by atoms with Crippen LogP contribution in [0.25, 0.3) is 0 Å². The zero-order chi connectivity index (χ0) is 18.4. The molecule has 2 aromatic rings. The summed E-state index contributed by atoms with van der Waals surface area (Å²) in [5.41, 5.74) is 0.502. The van der Waals surface area contributed by atoms with Crippen molar-refractivity contribution in [3.63, 3.8) is 0 Å². The number of carbonyl (C=O) groups excluding carboxylic acids is 2. The second kappa shape index (κ2) is 7.94. The van der Waals surface area contributed by atoms with Gasteiger partial charge >= 0.3 is 0 Å². The molecule has 2 rings (SSSR count). The normalized spacial score (nSPS) is 11.0. The van der Waals surface area contributed by atoms with Crippen molar-refractivity contribution in [2.75, 3.05) is 25.7 Å². The molecule has 0 aliphatic rings. The van der Waals surface area contributed by atoms with E-state index in [2.05, 4.69) is 0 Å². The molecule has 0 saturated carbocycles. The van der Waals surface area contributed by atoms with Crippen molar-refractivity contribution in [2.24, 2.45) is 0 Å². The minimum atomic E-state index is -3.87. The highest BCUT2D eigenvalue weighted by Gasteiger charge is 2.22. The quantitative estimate of drug-likeness (QED) is 0.669. The van der Waals surface area contributed by atoms with Crippen LogP contribution >= 0.6 is 0 Å². The molecule has 0 unspecified atom stereocenters. The summed E-state index contributed by atoms with van der Waals surface area (Å²) in [6.45, 7) is 0. The lowest BCUT2D eigenvalue weighted by molar-refractivity contribution is 0.102. The van der Waals surface area contributed by atoms with Gasteiger partial charge in [0.05, 0.1) is 14.2 Å². The van der Waals surface area contributed by atoms with Crippen LogP contribution in [0.3, 0.4) is 0 Å². The van der Waals surface area contributed by atoms with Crippen LogP contribution in [0.4, 0.5) is 0 Å². The van der Waals surface area contributed by atoms with E-state index in [9.17, 15) is 18.0 Å². The number of methoxy groups -OCH3 is 2. The molecule has 0 N–H and O–H groups in total. The van der Waals surface area contributed by atoms with E-state index in [0.29, 0.717) is 11.5 Å². The van der Waals surface area contributed by atoms with Crippen LogP contribution in [0, 0.1) is 0 Å². The largest absolute Gasteiger partial charge is 0.497 e. The molecule has 0 heterocycles. The SMILES string of the molecule is COc1ccc(C(=O)CS(=O)(=O)CC(=O)c2ccc(OC)cc2)cc1. The van der Waals surface area contributed by atoms with Crippen molar-refractivity contribution in [2.45, 2.75) is 0 Å². The minimum Gasteiger partial charge on any atom is -0.497 e.